The Morgan fingerprint density at radius 3 is 2.76 bits per heavy atom. The molecule has 6 heteroatoms. The summed E-state index contributed by atoms with van der Waals surface area (Å²) in [4.78, 5) is 4.10. The number of benzene rings is 1. The van der Waals surface area contributed by atoms with E-state index in [0.29, 0.717) is 12.0 Å². The van der Waals surface area contributed by atoms with Crippen molar-refractivity contribution in [3.05, 3.63) is 42.2 Å². The minimum absolute atomic E-state index is 0. The lowest BCUT2D eigenvalue weighted by Crippen LogP contribution is -2.45. The van der Waals surface area contributed by atoms with Gasteiger partial charge in [0, 0.05) is 25.7 Å². The fraction of sp³-hybridized carbons (Fsp3) is 0.467. The second kappa shape index (κ2) is 7.02. The van der Waals surface area contributed by atoms with E-state index in [9.17, 15) is 0 Å². The molecule has 2 unspecified atom stereocenters. The highest BCUT2D eigenvalue weighted by molar-refractivity contribution is 5.85. The van der Waals surface area contributed by atoms with E-state index in [0.717, 1.165) is 37.4 Å². The van der Waals surface area contributed by atoms with Gasteiger partial charge >= 0.3 is 0 Å². The predicted molar refractivity (Wildman–Crippen MR) is 85.6 cm³/mol. The molecule has 1 aromatic carbocycles. The third-order valence-electron chi connectivity index (χ3n) is 3.97. The maximum absolute atomic E-state index is 6.06. The van der Waals surface area contributed by atoms with Gasteiger partial charge in [0.1, 0.15) is 0 Å². The normalized spacial score (nSPS) is 22.8. The average Bonchev–Trinajstić information content (AvgIpc) is 2.92. The van der Waals surface area contributed by atoms with Crippen LogP contribution in [0.15, 0.2) is 36.5 Å². The number of piperidine rings is 1. The Bertz CT molecular complexity index is 556. The van der Waals surface area contributed by atoms with Gasteiger partial charge in [0.2, 0.25) is 0 Å². The molecule has 2 heterocycles. The molecular formula is C15H22ClN5. The molecule has 0 amide bonds. The number of nitrogens with two attached hydrogens (primary N) is 1. The average molecular weight is 308 g/mol. The van der Waals surface area contributed by atoms with Crippen LogP contribution in [0, 0.1) is 5.92 Å². The molecule has 3 rings (SSSR count). The number of para-hydroxylation sites is 1. The van der Waals surface area contributed by atoms with Crippen molar-refractivity contribution in [1.29, 1.82) is 0 Å². The number of halogens is 1. The van der Waals surface area contributed by atoms with E-state index in [4.69, 9.17) is 5.73 Å². The molecule has 0 radical (unpaired) electrons. The molecule has 1 aromatic heterocycles. The van der Waals surface area contributed by atoms with E-state index in [2.05, 4.69) is 22.0 Å². The first kappa shape index (κ1) is 15.9. The lowest BCUT2D eigenvalue weighted by Gasteiger charge is -2.34. The van der Waals surface area contributed by atoms with Crippen molar-refractivity contribution in [2.24, 2.45) is 11.7 Å². The zero-order valence-electron chi connectivity index (χ0n) is 12.2. The van der Waals surface area contributed by atoms with Gasteiger partial charge in [-0.3, -0.25) is 4.90 Å². The van der Waals surface area contributed by atoms with Crippen molar-refractivity contribution in [2.45, 2.75) is 25.9 Å². The SMILES string of the molecule is CC1CN(Cc2cnn(-c3ccccc3)n2)CCC1N.Cl. The molecule has 2 N–H and O–H groups in total. The standard InChI is InChI=1S/C15H21N5.ClH/c1-12-10-19(8-7-15(12)16)11-13-9-17-20(18-13)14-5-3-2-4-6-14;/h2-6,9,12,15H,7-8,10-11,16H2,1H3;1H. The Hall–Kier alpha value is -1.43. The summed E-state index contributed by atoms with van der Waals surface area (Å²) in [6.07, 6.45) is 2.92. The number of hydrogen-bond acceptors (Lipinski definition) is 4. The minimum atomic E-state index is 0. The highest BCUT2D eigenvalue weighted by atomic mass is 35.5. The fourth-order valence-electron chi connectivity index (χ4n) is 2.68. The van der Waals surface area contributed by atoms with E-state index < -0.39 is 0 Å². The first-order chi connectivity index (χ1) is 9.72. The van der Waals surface area contributed by atoms with Gasteiger partial charge in [0.15, 0.2) is 0 Å². The molecule has 1 aliphatic heterocycles. The molecule has 0 spiro atoms. The maximum Gasteiger partial charge on any atom is 0.0971 e. The van der Waals surface area contributed by atoms with Crippen molar-refractivity contribution in [3.63, 3.8) is 0 Å². The van der Waals surface area contributed by atoms with Gasteiger partial charge in [-0.25, -0.2) is 0 Å². The molecule has 1 saturated heterocycles. The molecule has 2 aromatic rings. The van der Waals surface area contributed by atoms with Crippen LogP contribution in [0.25, 0.3) is 5.69 Å². The first-order valence-electron chi connectivity index (χ1n) is 7.17. The fourth-order valence-corrected chi connectivity index (χ4v) is 2.68. The van der Waals surface area contributed by atoms with Gasteiger partial charge in [0.05, 0.1) is 17.6 Å². The van der Waals surface area contributed by atoms with Crippen LogP contribution in [-0.2, 0) is 6.54 Å². The topological polar surface area (TPSA) is 60.0 Å². The number of likely N-dealkylation sites (tertiary alicyclic amines) is 1. The largest absolute Gasteiger partial charge is 0.327 e. The van der Waals surface area contributed by atoms with Crippen LogP contribution in [0.5, 0.6) is 0 Å². The van der Waals surface area contributed by atoms with Crippen molar-refractivity contribution in [2.75, 3.05) is 13.1 Å². The smallest absolute Gasteiger partial charge is 0.0971 e. The summed E-state index contributed by atoms with van der Waals surface area (Å²) in [7, 11) is 0. The summed E-state index contributed by atoms with van der Waals surface area (Å²) >= 11 is 0. The van der Waals surface area contributed by atoms with E-state index in [1.54, 1.807) is 4.80 Å². The predicted octanol–water partition coefficient (Wildman–Crippen LogP) is 1.86. The molecule has 1 fully saturated rings. The number of rotatable bonds is 3. The van der Waals surface area contributed by atoms with E-state index in [-0.39, 0.29) is 12.4 Å². The maximum atomic E-state index is 6.06. The minimum Gasteiger partial charge on any atom is -0.327 e. The van der Waals surface area contributed by atoms with Crippen LogP contribution in [0.4, 0.5) is 0 Å². The highest BCUT2D eigenvalue weighted by Gasteiger charge is 2.23. The van der Waals surface area contributed by atoms with E-state index in [1.165, 1.54) is 0 Å². The van der Waals surface area contributed by atoms with Crippen LogP contribution in [0.3, 0.4) is 0 Å². The van der Waals surface area contributed by atoms with Gasteiger partial charge in [-0.15, -0.1) is 12.4 Å². The van der Waals surface area contributed by atoms with E-state index in [1.807, 2.05) is 36.5 Å². The summed E-state index contributed by atoms with van der Waals surface area (Å²) < 4.78 is 0. The number of nitrogens with zero attached hydrogens (tertiary/aromatic N) is 4. The van der Waals surface area contributed by atoms with Crippen molar-refractivity contribution in [1.82, 2.24) is 19.9 Å². The summed E-state index contributed by atoms with van der Waals surface area (Å²) in [6, 6.07) is 10.3. The van der Waals surface area contributed by atoms with Crippen LogP contribution in [-0.4, -0.2) is 39.0 Å². The summed E-state index contributed by atoms with van der Waals surface area (Å²) in [5.74, 6) is 0.549. The van der Waals surface area contributed by atoms with Crippen LogP contribution >= 0.6 is 12.4 Å². The Morgan fingerprint density at radius 2 is 2.05 bits per heavy atom. The molecule has 0 bridgehead atoms. The molecule has 0 saturated carbocycles. The monoisotopic (exact) mass is 307 g/mol. The van der Waals surface area contributed by atoms with Crippen LogP contribution in [0.1, 0.15) is 19.0 Å². The van der Waals surface area contributed by atoms with Crippen molar-refractivity contribution in [3.8, 4) is 5.69 Å². The number of hydrogen-bond donors (Lipinski definition) is 1. The Labute approximate surface area is 131 Å². The second-order valence-corrected chi connectivity index (χ2v) is 5.63. The zero-order valence-corrected chi connectivity index (χ0v) is 13.0. The van der Waals surface area contributed by atoms with Gasteiger partial charge in [-0.2, -0.15) is 15.0 Å². The Morgan fingerprint density at radius 1 is 1.29 bits per heavy atom. The first-order valence-corrected chi connectivity index (χ1v) is 7.17. The number of aromatic nitrogens is 3. The summed E-state index contributed by atoms with van der Waals surface area (Å²) in [5.41, 5.74) is 8.06. The quantitative estimate of drug-likeness (QED) is 0.940. The van der Waals surface area contributed by atoms with Gasteiger partial charge in [0.25, 0.3) is 0 Å². The van der Waals surface area contributed by atoms with Crippen molar-refractivity contribution >= 4 is 12.4 Å². The summed E-state index contributed by atoms with van der Waals surface area (Å²) in [6.45, 7) is 5.16. The molecular weight excluding hydrogens is 286 g/mol. The zero-order chi connectivity index (χ0) is 13.9. The second-order valence-electron chi connectivity index (χ2n) is 5.63. The van der Waals surface area contributed by atoms with Crippen LogP contribution in [0.2, 0.25) is 0 Å². The Kier molecular flexibility index (Phi) is 5.33. The van der Waals surface area contributed by atoms with Crippen molar-refractivity contribution < 1.29 is 0 Å². The molecule has 2 atom stereocenters. The lowest BCUT2D eigenvalue weighted by atomic mass is 9.95. The van der Waals surface area contributed by atoms with Gasteiger partial charge < -0.3 is 5.73 Å². The summed E-state index contributed by atoms with van der Waals surface area (Å²) in [5, 5.41) is 8.89. The van der Waals surface area contributed by atoms with Gasteiger partial charge in [-0.1, -0.05) is 25.1 Å². The molecule has 0 aliphatic carbocycles. The highest BCUT2D eigenvalue weighted by Crippen LogP contribution is 2.16. The lowest BCUT2D eigenvalue weighted by molar-refractivity contribution is 0.156. The molecule has 21 heavy (non-hydrogen) atoms. The Balaban J connectivity index is 0.00000161. The third kappa shape index (κ3) is 3.81. The third-order valence-corrected chi connectivity index (χ3v) is 3.97. The van der Waals surface area contributed by atoms with E-state index >= 15 is 0 Å². The molecule has 114 valence electrons. The van der Waals surface area contributed by atoms with Gasteiger partial charge in [-0.05, 0) is 24.5 Å². The molecule has 1 aliphatic rings. The molecule has 5 nitrogen and oxygen atoms in total. The van der Waals surface area contributed by atoms with Crippen LogP contribution < -0.4 is 5.73 Å².